The number of carbonyl (C=O) groups is 1. The SMILES string of the molecule is CC(NC(=O)O)c1ccc(O)c(F)c1. The average Bonchev–Trinajstić information content (AvgIpc) is 2.08. The van der Waals surface area contributed by atoms with Gasteiger partial charge in [-0.15, -0.1) is 0 Å². The molecule has 0 aliphatic rings. The minimum Gasteiger partial charge on any atom is -0.505 e. The van der Waals surface area contributed by atoms with Crippen LogP contribution in [-0.4, -0.2) is 16.3 Å². The van der Waals surface area contributed by atoms with Gasteiger partial charge in [-0.3, -0.25) is 0 Å². The highest BCUT2D eigenvalue weighted by Gasteiger charge is 2.10. The Bertz CT molecular complexity index is 354. The van der Waals surface area contributed by atoms with E-state index in [1.165, 1.54) is 12.1 Å². The van der Waals surface area contributed by atoms with E-state index in [-0.39, 0.29) is 0 Å². The van der Waals surface area contributed by atoms with E-state index in [0.29, 0.717) is 5.56 Å². The monoisotopic (exact) mass is 199 g/mol. The molecule has 5 heteroatoms. The van der Waals surface area contributed by atoms with Gasteiger partial charge in [-0.1, -0.05) is 6.07 Å². The molecule has 1 aromatic carbocycles. The van der Waals surface area contributed by atoms with Crippen molar-refractivity contribution < 1.29 is 19.4 Å². The van der Waals surface area contributed by atoms with E-state index in [0.717, 1.165) is 6.07 Å². The molecule has 0 aromatic heterocycles. The normalized spacial score (nSPS) is 12.1. The Labute approximate surface area is 80.0 Å². The number of halogens is 1. The number of amides is 1. The zero-order valence-electron chi connectivity index (χ0n) is 7.49. The Kier molecular flexibility index (Phi) is 2.91. The van der Waals surface area contributed by atoms with Crippen molar-refractivity contribution in [3.63, 3.8) is 0 Å². The Morgan fingerprint density at radius 2 is 2.21 bits per heavy atom. The van der Waals surface area contributed by atoms with E-state index in [2.05, 4.69) is 5.32 Å². The van der Waals surface area contributed by atoms with Gasteiger partial charge in [-0.2, -0.15) is 0 Å². The molecule has 1 unspecified atom stereocenters. The predicted molar refractivity (Wildman–Crippen MR) is 47.6 cm³/mol. The topological polar surface area (TPSA) is 69.6 Å². The fourth-order valence-corrected chi connectivity index (χ4v) is 1.06. The van der Waals surface area contributed by atoms with E-state index in [4.69, 9.17) is 10.2 Å². The number of carboxylic acid groups (broad SMARTS) is 1. The summed E-state index contributed by atoms with van der Waals surface area (Å²) in [7, 11) is 0. The third-order valence-corrected chi connectivity index (χ3v) is 1.81. The van der Waals surface area contributed by atoms with Gasteiger partial charge in [0.25, 0.3) is 0 Å². The predicted octanol–water partition coefficient (Wildman–Crippen LogP) is 1.86. The van der Waals surface area contributed by atoms with Crippen molar-refractivity contribution in [1.29, 1.82) is 0 Å². The van der Waals surface area contributed by atoms with Gasteiger partial charge in [-0.25, -0.2) is 9.18 Å². The van der Waals surface area contributed by atoms with Crippen LogP contribution in [0.4, 0.5) is 9.18 Å². The summed E-state index contributed by atoms with van der Waals surface area (Å²) in [5.41, 5.74) is 0.461. The average molecular weight is 199 g/mol. The Hall–Kier alpha value is -1.78. The molecular weight excluding hydrogens is 189 g/mol. The van der Waals surface area contributed by atoms with Crippen LogP contribution in [0.5, 0.6) is 5.75 Å². The lowest BCUT2D eigenvalue weighted by molar-refractivity contribution is 0.191. The molecule has 0 bridgehead atoms. The molecule has 0 saturated heterocycles. The molecule has 0 radical (unpaired) electrons. The lowest BCUT2D eigenvalue weighted by atomic mass is 10.1. The third-order valence-electron chi connectivity index (χ3n) is 1.81. The first kappa shape index (κ1) is 10.3. The van der Waals surface area contributed by atoms with Crippen molar-refractivity contribution >= 4 is 6.09 Å². The Morgan fingerprint density at radius 1 is 1.57 bits per heavy atom. The van der Waals surface area contributed by atoms with Crippen LogP contribution in [0.25, 0.3) is 0 Å². The van der Waals surface area contributed by atoms with Crippen LogP contribution >= 0.6 is 0 Å². The van der Waals surface area contributed by atoms with Crippen LogP contribution in [0.1, 0.15) is 18.5 Å². The quantitative estimate of drug-likeness (QED) is 0.680. The number of rotatable bonds is 2. The van der Waals surface area contributed by atoms with Crippen LogP contribution in [-0.2, 0) is 0 Å². The lowest BCUT2D eigenvalue weighted by Crippen LogP contribution is -2.24. The van der Waals surface area contributed by atoms with Gasteiger partial charge in [-0.05, 0) is 24.6 Å². The second kappa shape index (κ2) is 3.95. The second-order valence-electron chi connectivity index (χ2n) is 2.88. The number of phenols is 1. The second-order valence-corrected chi connectivity index (χ2v) is 2.88. The standard InChI is InChI=1S/C9H10FNO3/c1-5(11-9(13)14)6-2-3-8(12)7(10)4-6/h2-5,11-12H,1H3,(H,13,14). The summed E-state index contributed by atoms with van der Waals surface area (Å²) < 4.78 is 12.9. The molecule has 1 aromatic rings. The summed E-state index contributed by atoms with van der Waals surface area (Å²) >= 11 is 0. The number of aromatic hydroxyl groups is 1. The molecule has 0 aliphatic heterocycles. The molecule has 14 heavy (non-hydrogen) atoms. The van der Waals surface area contributed by atoms with Gasteiger partial charge in [0.15, 0.2) is 11.6 Å². The van der Waals surface area contributed by atoms with E-state index in [9.17, 15) is 9.18 Å². The highest BCUT2D eigenvalue weighted by Crippen LogP contribution is 2.20. The molecule has 0 saturated carbocycles. The number of hydrogen-bond donors (Lipinski definition) is 3. The van der Waals surface area contributed by atoms with Crippen molar-refractivity contribution in [3.8, 4) is 5.75 Å². The van der Waals surface area contributed by atoms with Crippen LogP contribution in [0.2, 0.25) is 0 Å². The number of benzene rings is 1. The maximum absolute atomic E-state index is 12.9. The largest absolute Gasteiger partial charge is 0.505 e. The van der Waals surface area contributed by atoms with E-state index in [1.807, 2.05) is 0 Å². The van der Waals surface area contributed by atoms with Crippen molar-refractivity contribution in [2.45, 2.75) is 13.0 Å². The van der Waals surface area contributed by atoms with E-state index >= 15 is 0 Å². The first-order valence-electron chi connectivity index (χ1n) is 3.98. The molecule has 1 rings (SSSR count). The highest BCUT2D eigenvalue weighted by atomic mass is 19.1. The third kappa shape index (κ3) is 2.35. The zero-order valence-corrected chi connectivity index (χ0v) is 7.49. The van der Waals surface area contributed by atoms with Gasteiger partial charge >= 0.3 is 6.09 Å². The van der Waals surface area contributed by atoms with Gasteiger partial charge in [0.05, 0.1) is 6.04 Å². The van der Waals surface area contributed by atoms with Crippen LogP contribution in [0.15, 0.2) is 18.2 Å². The maximum atomic E-state index is 12.9. The lowest BCUT2D eigenvalue weighted by Gasteiger charge is -2.11. The molecule has 76 valence electrons. The van der Waals surface area contributed by atoms with Crippen molar-refractivity contribution in [2.75, 3.05) is 0 Å². The molecule has 0 fully saturated rings. The summed E-state index contributed by atoms with van der Waals surface area (Å²) in [5.74, 6) is -1.21. The van der Waals surface area contributed by atoms with E-state index < -0.39 is 23.7 Å². The molecule has 3 N–H and O–H groups in total. The number of nitrogens with one attached hydrogen (secondary N) is 1. The van der Waals surface area contributed by atoms with Crippen LogP contribution < -0.4 is 5.32 Å². The van der Waals surface area contributed by atoms with Gasteiger partial charge < -0.3 is 15.5 Å². The van der Waals surface area contributed by atoms with Crippen molar-refractivity contribution in [1.82, 2.24) is 5.32 Å². The smallest absolute Gasteiger partial charge is 0.405 e. The Balaban J connectivity index is 2.85. The summed E-state index contributed by atoms with van der Waals surface area (Å²) in [4.78, 5) is 10.3. The summed E-state index contributed by atoms with van der Waals surface area (Å²) in [5, 5.41) is 19.5. The maximum Gasteiger partial charge on any atom is 0.405 e. The summed E-state index contributed by atoms with van der Waals surface area (Å²) in [6.07, 6.45) is -1.18. The van der Waals surface area contributed by atoms with Crippen LogP contribution in [0, 0.1) is 5.82 Å². The molecular formula is C9H10FNO3. The molecule has 0 spiro atoms. The Morgan fingerprint density at radius 3 is 2.71 bits per heavy atom. The first-order chi connectivity index (χ1) is 6.50. The highest BCUT2D eigenvalue weighted by molar-refractivity contribution is 5.65. The fraction of sp³-hybridized carbons (Fsp3) is 0.222. The molecule has 1 atom stereocenters. The van der Waals surface area contributed by atoms with Crippen molar-refractivity contribution in [2.24, 2.45) is 0 Å². The minimum atomic E-state index is -1.18. The van der Waals surface area contributed by atoms with Gasteiger partial charge in [0, 0.05) is 0 Å². The number of hydrogen-bond acceptors (Lipinski definition) is 2. The minimum absolute atomic E-state index is 0.448. The van der Waals surface area contributed by atoms with Gasteiger partial charge in [0.1, 0.15) is 0 Å². The van der Waals surface area contributed by atoms with Crippen molar-refractivity contribution in [3.05, 3.63) is 29.6 Å². The zero-order chi connectivity index (χ0) is 10.7. The first-order valence-corrected chi connectivity index (χ1v) is 3.98. The molecule has 0 heterocycles. The molecule has 4 nitrogen and oxygen atoms in total. The molecule has 0 aliphatic carbocycles. The summed E-state index contributed by atoms with van der Waals surface area (Å²) in [6.45, 7) is 1.58. The summed E-state index contributed by atoms with van der Waals surface area (Å²) in [6, 6.07) is 3.22. The molecule has 1 amide bonds. The van der Waals surface area contributed by atoms with E-state index in [1.54, 1.807) is 6.92 Å². The van der Waals surface area contributed by atoms with Gasteiger partial charge in [0.2, 0.25) is 0 Å². The fourth-order valence-electron chi connectivity index (χ4n) is 1.06. The van der Waals surface area contributed by atoms with Crippen LogP contribution in [0.3, 0.4) is 0 Å². The number of phenolic OH excluding ortho intramolecular Hbond substituents is 1.